The van der Waals surface area contributed by atoms with Gasteiger partial charge in [0.2, 0.25) is 5.91 Å². The highest BCUT2D eigenvalue weighted by molar-refractivity contribution is 5.96. The van der Waals surface area contributed by atoms with Crippen LogP contribution in [0.1, 0.15) is 40.0 Å². The third-order valence-corrected chi connectivity index (χ3v) is 3.78. The summed E-state index contributed by atoms with van der Waals surface area (Å²) in [6.07, 6.45) is 2.21. The van der Waals surface area contributed by atoms with Crippen LogP contribution < -0.4 is 0 Å². The first kappa shape index (κ1) is 15.2. The maximum atomic E-state index is 11.7. The number of Topliss-reactive ketones (excluding diaryl/α,β-unsaturated/α-hetero) is 1. The van der Waals surface area contributed by atoms with E-state index in [9.17, 15) is 9.59 Å². The van der Waals surface area contributed by atoms with Gasteiger partial charge in [0.05, 0.1) is 6.42 Å². The van der Waals surface area contributed by atoms with Crippen molar-refractivity contribution in [3.8, 4) is 0 Å². The first-order valence-electron chi connectivity index (χ1n) is 7.06. The fourth-order valence-electron chi connectivity index (χ4n) is 2.54. The highest BCUT2D eigenvalue weighted by Crippen LogP contribution is 2.19. The summed E-state index contributed by atoms with van der Waals surface area (Å²) in [7, 11) is 0. The largest absolute Gasteiger partial charge is 0.342 e. The van der Waals surface area contributed by atoms with Crippen LogP contribution in [0.5, 0.6) is 0 Å². The minimum Gasteiger partial charge on any atom is -0.342 e. The zero-order valence-electron chi connectivity index (χ0n) is 11.9. The average molecular weight is 254 g/mol. The summed E-state index contributed by atoms with van der Waals surface area (Å²) in [5.41, 5.74) is 0. The molecule has 18 heavy (non-hydrogen) atoms. The van der Waals surface area contributed by atoms with Crippen LogP contribution in [-0.2, 0) is 9.59 Å². The highest BCUT2D eigenvalue weighted by atomic mass is 16.2. The molecule has 0 aliphatic carbocycles. The van der Waals surface area contributed by atoms with Crippen LogP contribution in [-0.4, -0.2) is 54.2 Å². The Kier molecular flexibility index (Phi) is 6.33. The van der Waals surface area contributed by atoms with Gasteiger partial charge in [0.15, 0.2) is 0 Å². The van der Waals surface area contributed by atoms with E-state index < -0.39 is 0 Å². The summed E-state index contributed by atoms with van der Waals surface area (Å²) in [5.74, 6) is 0.667. The van der Waals surface area contributed by atoms with Crippen LogP contribution in [0, 0.1) is 5.92 Å². The van der Waals surface area contributed by atoms with Gasteiger partial charge in [0.1, 0.15) is 5.78 Å². The van der Waals surface area contributed by atoms with Crippen LogP contribution in [0.3, 0.4) is 0 Å². The summed E-state index contributed by atoms with van der Waals surface area (Å²) < 4.78 is 0. The number of ketones is 1. The van der Waals surface area contributed by atoms with Gasteiger partial charge >= 0.3 is 0 Å². The van der Waals surface area contributed by atoms with Gasteiger partial charge in [-0.1, -0.05) is 13.8 Å². The maximum Gasteiger partial charge on any atom is 0.230 e. The standard InChI is InChI=1S/C14H26N2O2/c1-4-15(5-2)11-13-6-8-16(9-7-13)14(18)10-12(3)17/h13H,4-11H2,1-3H3. The second-order valence-corrected chi connectivity index (χ2v) is 5.19. The number of piperidine rings is 1. The van der Waals surface area contributed by atoms with E-state index in [1.807, 2.05) is 4.90 Å². The van der Waals surface area contributed by atoms with Gasteiger partial charge in [-0.3, -0.25) is 9.59 Å². The number of amides is 1. The molecule has 0 spiro atoms. The Morgan fingerprint density at radius 2 is 1.72 bits per heavy atom. The Bertz CT molecular complexity index is 280. The molecule has 1 rings (SSSR count). The quantitative estimate of drug-likeness (QED) is 0.675. The SMILES string of the molecule is CCN(CC)CC1CCN(C(=O)CC(C)=O)CC1. The monoisotopic (exact) mass is 254 g/mol. The van der Waals surface area contributed by atoms with Crippen molar-refractivity contribution < 1.29 is 9.59 Å². The Morgan fingerprint density at radius 1 is 1.17 bits per heavy atom. The predicted octanol–water partition coefficient (Wildman–Crippen LogP) is 1.55. The molecule has 0 aromatic heterocycles. The number of nitrogens with zero attached hydrogens (tertiary/aromatic N) is 2. The minimum atomic E-state index is -0.0368. The van der Waals surface area contributed by atoms with Gasteiger partial charge in [-0.15, -0.1) is 0 Å². The molecule has 1 heterocycles. The lowest BCUT2D eigenvalue weighted by atomic mass is 9.96. The van der Waals surface area contributed by atoms with E-state index in [4.69, 9.17) is 0 Å². The fraction of sp³-hybridized carbons (Fsp3) is 0.857. The van der Waals surface area contributed by atoms with E-state index in [0.29, 0.717) is 5.92 Å². The molecule has 0 N–H and O–H groups in total. The number of carbonyl (C=O) groups excluding carboxylic acids is 2. The summed E-state index contributed by atoms with van der Waals surface area (Å²) >= 11 is 0. The lowest BCUT2D eigenvalue weighted by Crippen LogP contribution is -2.42. The molecule has 0 saturated carbocycles. The van der Waals surface area contributed by atoms with E-state index >= 15 is 0 Å². The first-order valence-corrected chi connectivity index (χ1v) is 7.06. The molecule has 1 aliphatic heterocycles. The van der Waals surface area contributed by atoms with Gasteiger partial charge < -0.3 is 9.80 Å². The molecular formula is C14H26N2O2. The van der Waals surface area contributed by atoms with Gasteiger partial charge in [0.25, 0.3) is 0 Å². The molecule has 1 aliphatic rings. The molecule has 0 aromatic carbocycles. The topological polar surface area (TPSA) is 40.6 Å². The van der Waals surface area contributed by atoms with Crippen molar-refractivity contribution in [1.29, 1.82) is 0 Å². The Morgan fingerprint density at radius 3 is 2.17 bits per heavy atom. The summed E-state index contributed by atoms with van der Waals surface area (Å²) in [4.78, 5) is 27.0. The smallest absolute Gasteiger partial charge is 0.230 e. The molecular weight excluding hydrogens is 228 g/mol. The van der Waals surface area contributed by atoms with E-state index in [1.54, 1.807) is 0 Å². The Balaban J connectivity index is 2.32. The van der Waals surface area contributed by atoms with Crippen LogP contribution >= 0.6 is 0 Å². The van der Waals surface area contributed by atoms with Gasteiger partial charge in [0, 0.05) is 19.6 Å². The van der Waals surface area contributed by atoms with Crippen LogP contribution in [0.15, 0.2) is 0 Å². The molecule has 0 aromatic rings. The zero-order valence-corrected chi connectivity index (χ0v) is 11.9. The molecule has 0 bridgehead atoms. The third kappa shape index (κ3) is 4.77. The second-order valence-electron chi connectivity index (χ2n) is 5.19. The lowest BCUT2D eigenvalue weighted by Gasteiger charge is -2.34. The van der Waals surface area contributed by atoms with Gasteiger partial charge in [-0.05, 0) is 38.8 Å². The van der Waals surface area contributed by atoms with Crippen molar-refractivity contribution in [2.24, 2.45) is 5.92 Å². The van der Waals surface area contributed by atoms with Crippen molar-refractivity contribution in [2.45, 2.75) is 40.0 Å². The van der Waals surface area contributed by atoms with Crippen molar-refractivity contribution in [1.82, 2.24) is 9.80 Å². The molecule has 0 atom stereocenters. The molecule has 0 radical (unpaired) electrons. The number of rotatable bonds is 6. The van der Waals surface area contributed by atoms with E-state index in [0.717, 1.165) is 45.6 Å². The number of likely N-dealkylation sites (tertiary alicyclic amines) is 1. The lowest BCUT2D eigenvalue weighted by molar-refractivity contribution is -0.136. The number of hydrogen-bond acceptors (Lipinski definition) is 3. The Labute approximate surface area is 110 Å². The molecule has 4 heteroatoms. The summed E-state index contributed by atoms with van der Waals surface area (Å²) in [6.45, 7) is 10.8. The third-order valence-electron chi connectivity index (χ3n) is 3.78. The van der Waals surface area contributed by atoms with E-state index in [1.165, 1.54) is 6.92 Å². The van der Waals surface area contributed by atoms with Crippen LogP contribution in [0.4, 0.5) is 0 Å². The molecule has 0 unspecified atom stereocenters. The maximum absolute atomic E-state index is 11.7. The second kappa shape index (κ2) is 7.52. The van der Waals surface area contributed by atoms with Gasteiger partial charge in [-0.2, -0.15) is 0 Å². The average Bonchev–Trinajstić information content (AvgIpc) is 2.35. The number of hydrogen-bond donors (Lipinski definition) is 0. The summed E-state index contributed by atoms with van der Waals surface area (Å²) in [5, 5.41) is 0. The van der Waals surface area contributed by atoms with Crippen LogP contribution in [0.2, 0.25) is 0 Å². The molecule has 1 amide bonds. The molecule has 4 nitrogen and oxygen atoms in total. The van der Waals surface area contributed by atoms with Crippen LogP contribution in [0.25, 0.3) is 0 Å². The van der Waals surface area contributed by atoms with Crippen molar-refractivity contribution in [3.63, 3.8) is 0 Å². The van der Waals surface area contributed by atoms with Crippen molar-refractivity contribution in [3.05, 3.63) is 0 Å². The molecule has 104 valence electrons. The molecule has 1 fully saturated rings. The Hall–Kier alpha value is -0.900. The van der Waals surface area contributed by atoms with E-state index in [-0.39, 0.29) is 18.1 Å². The summed E-state index contributed by atoms with van der Waals surface area (Å²) in [6, 6.07) is 0. The fourth-order valence-corrected chi connectivity index (χ4v) is 2.54. The van der Waals surface area contributed by atoms with Gasteiger partial charge in [-0.25, -0.2) is 0 Å². The highest BCUT2D eigenvalue weighted by Gasteiger charge is 2.24. The van der Waals surface area contributed by atoms with E-state index in [2.05, 4.69) is 18.7 Å². The zero-order chi connectivity index (χ0) is 13.5. The molecule has 1 saturated heterocycles. The van der Waals surface area contributed by atoms with Crippen molar-refractivity contribution >= 4 is 11.7 Å². The first-order chi connectivity index (χ1) is 8.56. The van der Waals surface area contributed by atoms with Crippen molar-refractivity contribution in [2.75, 3.05) is 32.7 Å². The normalized spacial score (nSPS) is 17.2. The predicted molar refractivity (Wildman–Crippen MR) is 72.4 cm³/mol. The number of carbonyl (C=O) groups is 2. The minimum absolute atomic E-state index is 0.00351.